The average molecular weight is 421 g/mol. The van der Waals surface area contributed by atoms with Crippen molar-refractivity contribution in [3.8, 4) is 0 Å². The molecule has 3 amide bonds. The van der Waals surface area contributed by atoms with Crippen molar-refractivity contribution in [1.82, 2.24) is 20.1 Å². The Morgan fingerprint density at radius 1 is 1.30 bits per heavy atom. The van der Waals surface area contributed by atoms with E-state index in [9.17, 15) is 18.4 Å². The summed E-state index contributed by atoms with van der Waals surface area (Å²) in [7, 11) is 0. The van der Waals surface area contributed by atoms with Crippen LogP contribution in [0.4, 0.5) is 13.6 Å². The molecule has 2 saturated heterocycles. The van der Waals surface area contributed by atoms with Gasteiger partial charge in [-0.15, -0.1) is 0 Å². The van der Waals surface area contributed by atoms with E-state index in [2.05, 4.69) is 15.2 Å². The molecule has 7 nitrogen and oxygen atoms in total. The van der Waals surface area contributed by atoms with Gasteiger partial charge in [-0.2, -0.15) is 0 Å². The second-order valence-electron chi connectivity index (χ2n) is 9.13. The number of nitrogens with zero attached hydrogens (tertiary/aromatic N) is 3. The van der Waals surface area contributed by atoms with Gasteiger partial charge in [-0.25, -0.2) is 13.6 Å². The molecule has 3 fully saturated rings. The van der Waals surface area contributed by atoms with Gasteiger partial charge in [0.05, 0.1) is 0 Å². The third-order valence-corrected chi connectivity index (χ3v) is 6.59. The molecule has 3 heterocycles. The van der Waals surface area contributed by atoms with Crippen LogP contribution in [0.2, 0.25) is 0 Å². The van der Waals surface area contributed by atoms with Crippen LogP contribution in [0.1, 0.15) is 37.7 Å². The fourth-order valence-corrected chi connectivity index (χ4v) is 4.66. The SMILES string of the molecule is NC(=O)[C@H](CC(F)(F)Cc1cccnc1)NC(=O)N1CC2(CCN(C3CC3)CC2)C1. The van der Waals surface area contributed by atoms with Crippen LogP contribution in [-0.4, -0.2) is 70.9 Å². The smallest absolute Gasteiger partial charge is 0.318 e. The van der Waals surface area contributed by atoms with Crippen molar-refractivity contribution >= 4 is 11.9 Å². The van der Waals surface area contributed by atoms with Crippen LogP contribution >= 0.6 is 0 Å². The molecule has 4 rings (SSSR count). The van der Waals surface area contributed by atoms with E-state index in [1.54, 1.807) is 17.0 Å². The number of piperidine rings is 1. The molecule has 1 aliphatic carbocycles. The number of urea groups is 1. The van der Waals surface area contributed by atoms with Crippen LogP contribution < -0.4 is 11.1 Å². The number of hydrogen-bond acceptors (Lipinski definition) is 4. The number of alkyl halides is 2. The Kier molecular flexibility index (Phi) is 5.65. The molecule has 0 radical (unpaired) electrons. The second kappa shape index (κ2) is 8.09. The highest BCUT2D eigenvalue weighted by Gasteiger charge is 2.48. The molecule has 1 saturated carbocycles. The summed E-state index contributed by atoms with van der Waals surface area (Å²) in [6, 6.07) is 1.97. The molecule has 9 heteroatoms. The number of halogens is 2. The number of likely N-dealkylation sites (tertiary alicyclic amines) is 2. The van der Waals surface area contributed by atoms with E-state index in [1.165, 1.54) is 25.2 Å². The monoisotopic (exact) mass is 421 g/mol. The van der Waals surface area contributed by atoms with Crippen LogP contribution in [0.15, 0.2) is 24.5 Å². The van der Waals surface area contributed by atoms with Crippen LogP contribution in [0.25, 0.3) is 0 Å². The zero-order valence-electron chi connectivity index (χ0n) is 17.0. The summed E-state index contributed by atoms with van der Waals surface area (Å²) in [5.41, 5.74) is 5.80. The number of pyridine rings is 1. The third-order valence-electron chi connectivity index (χ3n) is 6.59. The molecule has 1 spiro atoms. The molecule has 164 valence electrons. The number of primary amides is 1. The van der Waals surface area contributed by atoms with Gasteiger partial charge in [0.2, 0.25) is 5.91 Å². The number of nitrogens with one attached hydrogen (secondary N) is 1. The first kappa shape index (κ1) is 21.0. The van der Waals surface area contributed by atoms with E-state index < -0.39 is 36.7 Å². The van der Waals surface area contributed by atoms with Crippen LogP contribution in [-0.2, 0) is 11.2 Å². The molecule has 1 aromatic rings. The van der Waals surface area contributed by atoms with Gasteiger partial charge in [-0.1, -0.05) is 6.07 Å². The number of rotatable bonds is 7. The molecular formula is C21H29F2N5O2. The van der Waals surface area contributed by atoms with E-state index in [0.29, 0.717) is 18.7 Å². The Labute approximate surface area is 175 Å². The Morgan fingerprint density at radius 3 is 2.57 bits per heavy atom. The minimum atomic E-state index is -3.19. The van der Waals surface area contributed by atoms with Crippen molar-refractivity contribution in [1.29, 1.82) is 0 Å². The largest absolute Gasteiger partial charge is 0.368 e. The van der Waals surface area contributed by atoms with Gasteiger partial charge in [-0.3, -0.25) is 9.78 Å². The fraction of sp³-hybridized carbons (Fsp3) is 0.667. The van der Waals surface area contributed by atoms with Gasteiger partial charge in [0, 0.05) is 49.8 Å². The zero-order valence-corrected chi connectivity index (χ0v) is 17.0. The molecule has 1 aromatic heterocycles. The zero-order chi connectivity index (χ0) is 21.4. The number of aromatic nitrogens is 1. The average Bonchev–Trinajstić information content (AvgIpc) is 3.51. The standard InChI is InChI=1S/C21H29F2N5O2/c22-21(23,10-15-2-1-7-25-12-15)11-17(18(24)29)26-19(30)28-13-20(14-28)5-8-27(9-6-20)16-3-4-16/h1-2,7,12,16-17H,3-6,8-11,13-14H2,(H2,24,29)(H,26,30)/t17-/m0/s1. The van der Waals surface area contributed by atoms with E-state index in [1.807, 2.05) is 0 Å². The predicted molar refractivity (Wildman–Crippen MR) is 107 cm³/mol. The Bertz CT molecular complexity index is 771. The Hall–Kier alpha value is -2.29. The van der Waals surface area contributed by atoms with Gasteiger partial charge in [-0.05, 0) is 50.4 Å². The minimum absolute atomic E-state index is 0.134. The molecule has 0 bridgehead atoms. The maximum Gasteiger partial charge on any atom is 0.318 e. The molecule has 3 aliphatic rings. The van der Waals surface area contributed by atoms with E-state index in [0.717, 1.165) is 32.0 Å². The van der Waals surface area contributed by atoms with Crippen LogP contribution in [0, 0.1) is 5.41 Å². The summed E-state index contributed by atoms with van der Waals surface area (Å²) in [6.07, 6.45) is 6.15. The van der Waals surface area contributed by atoms with Gasteiger partial charge in [0.15, 0.2) is 0 Å². The van der Waals surface area contributed by atoms with Crippen molar-refractivity contribution in [2.45, 2.75) is 56.5 Å². The lowest BCUT2D eigenvalue weighted by Gasteiger charge is -2.54. The summed E-state index contributed by atoms with van der Waals surface area (Å²) in [5.74, 6) is -4.15. The molecule has 0 unspecified atom stereocenters. The number of amides is 3. The molecule has 1 atom stereocenters. The molecular weight excluding hydrogens is 392 g/mol. The van der Waals surface area contributed by atoms with Gasteiger partial charge < -0.3 is 20.9 Å². The number of nitrogens with two attached hydrogens (primary N) is 1. The first-order valence-corrected chi connectivity index (χ1v) is 10.6. The number of carbonyl (C=O) groups excluding carboxylic acids is 2. The number of hydrogen-bond donors (Lipinski definition) is 2. The van der Waals surface area contributed by atoms with Crippen molar-refractivity contribution in [3.05, 3.63) is 30.1 Å². The highest BCUT2D eigenvalue weighted by atomic mass is 19.3. The van der Waals surface area contributed by atoms with E-state index >= 15 is 0 Å². The van der Waals surface area contributed by atoms with Crippen molar-refractivity contribution in [2.75, 3.05) is 26.2 Å². The molecule has 2 aliphatic heterocycles. The fourth-order valence-electron chi connectivity index (χ4n) is 4.66. The van der Waals surface area contributed by atoms with E-state index in [-0.39, 0.29) is 5.41 Å². The summed E-state index contributed by atoms with van der Waals surface area (Å²) in [6.45, 7) is 3.33. The molecule has 0 aromatic carbocycles. The van der Waals surface area contributed by atoms with Crippen LogP contribution in [0.3, 0.4) is 0 Å². The normalized spacial score (nSPS) is 22.4. The third kappa shape index (κ3) is 4.88. The minimum Gasteiger partial charge on any atom is -0.368 e. The summed E-state index contributed by atoms with van der Waals surface area (Å²) < 4.78 is 28.9. The Morgan fingerprint density at radius 2 is 2.00 bits per heavy atom. The quantitative estimate of drug-likeness (QED) is 0.702. The lowest BCUT2D eigenvalue weighted by molar-refractivity contribution is -0.122. The Balaban J connectivity index is 1.27. The van der Waals surface area contributed by atoms with Crippen LogP contribution in [0.5, 0.6) is 0 Å². The highest BCUT2D eigenvalue weighted by molar-refractivity contribution is 5.86. The molecule has 30 heavy (non-hydrogen) atoms. The van der Waals surface area contributed by atoms with E-state index in [4.69, 9.17) is 5.73 Å². The van der Waals surface area contributed by atoms with Crippen molar-refractivity contribution < 1.29 is 18.4 Å². The van der Waals surface area contributed by atoms with Crippen molar-refractivity contribution in [3.63, 3.8) is 0 Å². The maximum atomic E-state index is 14.5. The maximum absolute atomic E-state index is 14.5. The predicted octanol–water partition coefficient (Wildman–Crippen LogP) is 1.77. The van der Waals surface area contributed by atoms with Gasteiger partial charge in [0.25, 0.3) is 5.92 Å². The number of carbonyl (C=O) groups is 2. The lowest BCUT2D eigenvalue weighted by atomic mass is 9.72. The summed E-state index contributed by atoms with van der Waals surface area (Å²) >= 11 is 0. The topological polar surface area (TPSA) is 91.6 Å². The first-order chi connectivity index (χ1) is 14.3. The summed E-state index contributed by atoms with van der Waals surface area (Å²) in [5, 5.41) is 2.43. The van der Waals surface area contributed by atoms with Gasteiger partial charge in [0.1, 0.15) is 6.04 Å². The van der Waals surface area contributed by atoms with Crippen molar-refractivity contribution in [2.24, 2.45) is 11.1 Å². The molecule has 3 N–H and O–H groups in total. The lowest BCUT2D eigenvalue weighted by Crippen LogP contribution is -2.65. The summed E-state index contributed by atoms with van der Waals surface area (Å²) in [4.78, 5) is 32.2. The highest BCUT2D eigenvalue weighted by Crippen LogP contribution is 2.42. The second-order valence-corrected chi connectivity index (χ2v) is 9.13. The van der Waals surface area contributed by atoms with Gasteiger partial charge >= 0.3 is 6.03 Å². The first-order valence-electron chi connectivity index (χ1n) is 10.6.